The van der Waals surface area contributed by atoms with Crippen molar-refractivity contribution in [3.63, 3.8) is 0 Å². The van der Waals surface area contributed by atoms with Crippen LogP contribution in [0, 0.1) is 0 Å². The molecule has 0 saturated carbocycles. The molecule has 5 rings (SSSR count). The van der Waals surface area contributed by atoms with Gasteiger partial charge in [0, 0.05) is 34.0 Å². The Balaban J connectivity index is 1.65. The highest BCUT2D eigenvalue weighted by molar-refractivity contribution is 6.00. The zero-order chi connectivity index (χ0) is 18.2. The van der Waals surface area contributed by atoms with E-state index >= 15 is 0 Å². The maximum atomic E-state index is 5.73. The van der Waals surface area contributed by atoms with Crippen LogP contribution in [0.25, 0.3) is 22.2 Å². The van der Waals surface area contributed by atoms with E-state index in [0.717, 1.165) is 46.6 Å². The molecule has 0 bridgehead atoms. The molecule has 0 amide bonds. The van der Waals surface area contributed by atoms with Gasteiger partial charge in [-0.1, -0.05) is 37.3 Å². The van der Waals surface area contributed by atoms with Crippen LogP contribution in [-0.4, -0.2) is 21.8 Å². The zero-order valence-corrected chi connectivity index (χ0v) is 15.1. The Bertz CT molecular complexity index is 1100. The predicted octanol–water partition coefficient (Wildman–Crippen LogP) is 4.93. The molecule has 4 aromatic rings. The van der Waals surface area contributed by atoms with Crippen molar-refractivity contribution < 1.29 is 4.74 Å². The fourth-order valence-electron chi connectivity index (χ4n) is 3.75. The molecule has 0 spiro atoms. The van der Waals surface area contributed by atoms with Crippen LogP contribution in [0.4, 0.5) is 5.69 Å². The van der Waals surface area contributed by atoms with Crippen LogP contribution in [0.5, 0.6) is 5.75 Å². The molecule has 0 radical (unpaired) electrons. The number of para-hydroxylation sites is 1. The van der Waals surface area contributed by atoms with Crippen molar-refractivity contribution in [2.24, 2.45) is 0 Å². The van der Waals surface area contributed by atoms with E-state index in [4.69, 9.17) is 4.74 Å². The van der Waals surface area contributed by atoms with Gasteiger partial charge in [-0.05, 0) is 30.2 Å². The predicted molar refractivity (Wildman–Crippen MR) is 107 cm³/mol. The molecule has 0 fully saturated rings. The SMILES string of the molecule is CCCOc1ccc(C2Nc3ccccc3-c3cnnc4[nH]cc2c34)cc1. The maximum absolute atomic E-state index is 5.73. The topological polar surface area (TPSA) is 62.8 Å². The van der Waals surface area contributed by atoms with Gasteiger partial charge in [-0.25, -0.2) is 0 Å². The lowest BCUT2D eigenvalue weighted by Gasteiger charge is -2.20. The number of nitrogens with one attached hydrogen (secondary N) is 2. The zero-order valence-electron chi connectivity index (χ0n) is 15.1. The summed E-state index contributed by atoms with van der Waals surface area (Å²) in [6, 6.07) is 16.7. The summed E-state index contributed by atoms with van der Waals surface area (Å²) in [7, 11) is 0. The second-order valence-corrected chi connectivity index (χ2v) is 6.77. The lowest BCUT2D eigenvalue weighted by Crippen LogP contribution is -2.11. The van der Waals surface area contributed by atoms with E-state index in [-0.39, 0.29) is 6.04 Å². The van der Waals surface area contributed by atoms with Crippen molar-refractivity contribution in [2.75, 3.05) is 11.9 Å². The number of rotatable bonds is 4. The van der Waals surface area contributed by atoms with Crippen LogP contribution in [0.15, 0.2) is 60.9 Å². The van der Waals surface area contributed by atoms with E-state index in [1.807, 2.05) is 24.5 Å². The Kier molecular flexibility index (Phi) is 3.78. The average Bonchev–Trinajstić information content (AvgIpc) is 3.09. The van der Waals surface area contributed by atoms with Gasteiger partial charge in [-0.2, -0.15) is 5.10 Å². The van der Waals surface area contributed by atoms with Crippen LogP contribution in [0.1, 0.15) is 30.5 Å². The fraction of sp³-hybridized carbons (Fsp3) is 0.182. The molecule has 5 nitrogen and oxygen atoms in total. The highest BCUT2D eigenvalue weighted by Gasteiger charge is 2.26. The summed E-state index contributed by atoms with van der Waals surface area (Å²) in [5.74, 6) is 0.903. The van der Waals surface area contributed by atoms with Gasteiger partial charge >= 0.3 is 0 Å². The molecular weight excluding hydrogens is 336 g/mol. The molecule has 1 atom stereocenters. The first-order valence-electron chi connectivity index (χ1n) is 9.26. The van der Waals surface area contributed by atoms with Gasteiger partial charge in [0.25, 0.3) is 0 Å². The molecular formula is C22H20N4O. The van der Waals surface area contributed by atoms with Crippen LogP contribution in [0.2, 0.25) is 0 Å². The number of nitrogens with zero attached hydrogens (tertiary/aromatic N) is 2. The third-order valence-corrected chi connectivity index (χ3v) is 5.02. The van der Waals surface area contributed by atoms with Crippen LogP contribution >= 0.6 is 0 Å². The van der Waals surface area contributed by atoms with E-state index in [1.165, 1.54) is 11.1 Å². The first kappa shape index (κ1) is 15.9. The second kappa shape index (κ2) is 6.43. The number of hydrogen-bond donors (Lipinski definition) is 2. The Morgan fingerprint density at radius 2 is 1.89 bits per heavy atom. The highest BCUT2D eigenvalue weighted by Crippen LogP contribution is 2.43. The van der Waals surface area contributed by atoms with Crippen molar-refractivity contribution >= 4 is 16.7 Å². The first-order chi connectivity index (χ1) is 13.3. The fourth-order valence-corrected chi connectivity index (χ4v) is 3.75. The number of H-pyrrole nitrogens is 1. The van der Waals surface area contributed by atoms with Crippen molar-refractivity contribution in [1.82, 2.24) is 15.2 Å². The number of aromatic amines is 1. The summed E-state index contributed by atoms with van der Waals surface area (Å²) in [4.78, 5) is 3.28. The summed E-state index contributed by atoms with van der Waals surface area (Å²) < 4.78 is 5.73. The van der Waals surface area contributed by atoms with E-state index in [0.29, 0.717) is 0 Å². The largest absolute Gasteiger partial charge is 0.494 e. The van der Waals surface area contributed by atoms with E-state index in [2.05, 4.69) is 63.8 Å². The minimum atomic E-state index is 0.0191. The first-order valence-corrected chi connectivity index (χ1v) is 9.26. The number of anilines is 1. The summed E-state index contributed by atoms with van der Waals surface area (Å²) in [5.41, 5.74) is 6.51. The highest BCUT2D eigenvalue weighted by atomic mass is 16.5. The van der Waals surface area contributed by atoms with Crippen molar-refractivity contribution in [1.29, 1.82) is 0 Å². The van der Waals surface area contributed by atoms with E-state index < -0.39 is 0 Å². The lowest BCUT2D eigenvalue weighted by molar-refractivity contribution is 0.317. The molecule has 27 heavy (non-hydrogen) atoms. The molecule has 3 heterocycles. The van der Waals surface area contributed by atoms with Crippen LogP contribution < -0.4 is 10.1 Å². The van der Waals surface area contributed by atoms with Gasteiger partial charge < -0.3 is 15.0 Å². The number of hydrogen-bond acceptors (Lipinski definition) is 4. The van der Waals surface area contributed by atoms with Crippen LogP contribution in [0.3, 0.4) is 0 Å². The van der Waals surface area contributed by atoms with Crippen molar-refractivity contribution in [3.05, 3.63) is 72.1 Å². The molecule has 134 valence electrons. The number of fused-ring (bicyclic) bond motifs is 2. The summed E-state index contributed by atoms with van der Waals surface area (Å²) in [5, 5.41) is 13.3. The third kappa shape index (κ3) is 2.63. The normalized spacial score (nSPS) is 15.1. The lowest BCUT2D eigenvalue weighted by atomic mass is 9.97. The second-order valence-electron chi connectivity index (χ2n) is 6.77. The quantitative estimate of drug-likeness (QED) is 0.544. The van der Waals surface area contributed by atoms with Gasteiger partial charge in [0.1, 0.15) is 5.75 Å². The standard InChI is InChI=1S/C22H20N4O/c1-2-11-27-15-9-7-14(8-10-15)21-18-12-23-22-20(18)17(13-24-26-22)16-5-3-4-6-19(16)25-21/h3-10,12-13,21,25H,2,11H2,1H3,(H,23,26). The average molecular weight is 356 g/mol. The Morgan fingerprint density at radius 1 is 1.04 bits per heavy atom. The molecule has 2 aromatic heterocycles. The molecule has 0 aliphatic carbocycles. The molecule has 1 aliphatic heterocycles. The monoisotopic (exact) mass is 356 g/mol. The van der Waals surface area contributed by atoms with Crippen LogP contribution in [-0.2, 0) is 0 Å². The molecule has 1 aliphatic rings. The Labute approximate surface area is 157 Å². The number of aromatic nitrogens is 3. The molecule has 0 saturated heterocycles. The number of ether oxygens (including phenoxy) is 1. The summed E-state index contributed by atoms with van der Waals surface area (Å²) in [6.45, 7) is 2.84. The van der Waals surface area contributed by atoms with Gasteiger partial charge in [-0.15, -0.1) is 5.10 Å². The minimum absolute atomic E-state index is 0.0191. The van der Waals surface area contributed by atoms with Crippen molar-refractivity contribution in [2.45, 2.75) is 19.4 Å². The molecule has 2 aromatic carbocycles. The van der Waals surface area contributed by atoms with Gasteiger partial charge in [0.2, 0.25) is 0 Å². The smallest absolute Gasteiger partial charge is 0.160 e. The Morgan fingerprint density at radius 3 is 2.74 bits per heavy atom. The van der Waals surface area contributed by atoms with E-state index in [1.54, 1.807) is 0 Å². The third-order valence-electron chi connectivity index (χ3n) is 5.02. The van der Waals surface area contributed by atoms with Crippen molar-refractivity contribution in [3.8, 4) is 16.9 Å². The summed E-state index contributed by atoms with van der Waals surface area (Å²) >= 11 is 0. The molecule has 5 heteroatoms. The number of benzene rings is 2. The maximum Gasteiger partial charge on any atom is 0.160 e. The Hall–Kier alpha value is -3.34. The minimum Gasteiger partial charge on any atom is -0.494 e. The molecule has 1 unspecified atom stereocenters. The summed E-state index contributed by atoms with van der Waals surface area (Å²) in [6.07, 6.45) is 4.89. The molecule has 2 N–H and O–H groups in total. The van der Waals surface area contributed by atoms with Gasteiger partial charge in [0.05, 0.1) is 18.8 Å². The van der Waals surface area contributed by atoms with Gasteiger partial charge in [-0.3, -0.25) is 0 Å². The van der Waals surface area contributed by atoms with E-state index in [9.17, 15) is 0 Å². The van der Waals surface area contributed by atoms with Gasteiger partial charge in [0.15, 0.2) is 5.65 Å².